The summed E-state index contributed by atoms with van der Waals surface area (Å²) in [5, 5.41) is 0. The summed E-state index contributed by atoms with van der Waals surface area (Å²) in [6.07, 6.45) is 3.33. The Hall–Kier alpha value is -0.530. The predicted molar refractivity (Wildman–Crippen MR) is 85.2 cm³/mol. The number of aromatic amines is 1. The van der Waals surface area contributed by atoms with Gasteiger partial charge in [0, 0.05) is 15.1 Å². The average Bonchev–Trinajstić information content (AvgIpc) is 2.35. The molecule has 0 saturated carbocycles. The lowest BCUT2D eigenvalue weighted by atomic mass is 10.2. The molecule has 7 heteroatoms. The van der Waals surface area contributed by atoms with E-state index in [1.807, 2.05) is 13.0 Å². The largest absolute Gasteiger partial charge is 0.304 e. The van der Waals surface area contributed by atoms with E-state index in [9.17, 15) is 4.79 Å². The molecule has 2 rings (SSSR count). The van der Waals surface area contributed by atoms with Gasteiger partial charge in [0.05, 0.1) is 5.69 Å². The number of rotatable bonds is 3. The Kier molecular flexibility index (Phi) is 4.92. The van der Waals surface area contributed by atoms with Crippen LogP contribution in [0.5, 0.6) is 0 Å². The minimum Gasteiger partial charge on any atom is -0.304 e. The second kappa shape index (κ2) is 6.28. The molecule has 1 N–H and O–H groups in total. The van der Waals surface area contributed by atoms with Crippen molar-refractivity contribution in [2.45, 2.75) is 19.8 Å². The van der Waals surface area contributed by atoms with E-state index >= 15 is 0 Å². The molecular weight excluding hydrogens is 442 g/mol. The quantitative estimate of drug-likeness (QED) is 0.765. The molecule has 0 aliphatic heterocycles. The average molecular weight is 452 g/mol. The third-order valence-electron chi connectivity index (χ3n) is 2.45. The van der Waals surface area contributed by atoms with Crippen LogP contribution in [-0.2, 0) is 6.42 Å². The van der Waals surface area contributed by atoms with E-state index < -0.39 is 0 Å². The molecule has 2 aromatic rings. The lowest BCUT2D eigenvalue weighted by molar-refractivity contribution is 0.859. The second-order valence-electron chi connectivity index (χ2n) is 3.91. The lowest BCUT2D eigenvalue weighted by Crippen LogP contribution is -2.14. The molecule has 0 atom stereocenters. The van der Waals surface area contributed by atoms with Crippen molar-refractivity contribution in [3.63, 3.8) is 0 Å². The van der Waals surface area contributed by atoms with Gasteiger partial charge in [0.1, 0.15) is 10.2 Å². The van der Waals surface area contributed by atoms with Crippen LogP contribution in [0.4, 0.5) is 0 Å². The summed E-state index contributed by atoms with van der Waals surface area (Å²) in [7, 11) is 0. The maximum atomic E-state index is 11.9. The molecule has 0 saturated heterocycles. The molecule has 0 spiro atoms. The summed E-state index contributed by atoms with van der Waals surface area (Å²) in [6, 6.07) is 1.86. The number of aromatic nitrogens is 3. The maximum absolute atomic E-state index is 11.9. The van der Waals surface area contributed by atoms with Gasteiger partial charge in [0.25, 0.3) is 5.56 Å². The van der Waals surface area contributed by atoms with Crippen LogP contribution in [0.25, 0.3) is 11.5 Å². The highest BCUT2D eigenvalue weighted by atomic mass is 79.9. The molecular formula is C12H10Br3N3O. The van der Waals surface area contributed by atoms with Gasteiger partial charge in [0.2, 0.25) is 0 Å². The number of hydrogen-bond donors (Lipinski definition) is 1. The van der Waals surface area contributed by atoms with Crippen molar-refractivity contribution in [1.29, 1.82) is 0 Å². The van der Waals surface area contributed by atoms with Crippen molar-refractivity contribution in [2.75, 3.05) is 0 Å². The Morgan fingerprint density at radius 3 is 2.68 bits per heavy atom. The predicted octanol–water partition coefficient (Wildman–Crippen LogP) is 4.07. The molecule has 0 aliphatic rings. The van der Waals surface area contributed by atoms with Crippen molar-refractivity contribution in [3.8, 4) is 11.5 Å². The monoisotopic (exact) mass is 449 g/mol. The van der Waals surface area contributed by atoms with Crippen molar-refractivity contribution in [1.82, 2.24) is 15.0 Å². The molecule has 0 radical (unpaired) electrons. The van der Waals surface area contributed by atoms with E-state index in [0.717, 1.165) is 27.5 Å². The zero-order valence-electron chi connectivity index (χ0n) is 10.0. The lowest BCUT2D eigenvalue weighted by Gasteiger charge is -2.07. The first-order valence-electron chi connectivity index (χ1n) is 5.63. The highest BCUT2D eigenvalue weighted by Gasteiger charge is 2.13. The van der Waals surface area contributed by atoms with Crippen molar-refractivity contribution < 1.29 is 0 Å². The van der Waals surface area contributed by atoms with Gasteiger partial charge in [-0.1, -0.05) is 13.3 Å². The number of hydrogen-bond acceptors (Lipinski definition) is 3. The molecule has 0 aromatic carbocycles. The summed E-state index contributed by atoms with van der Waals surface area (Å²) >= 11 is 10.0. The van der Waals surface area contributed by atoms with E-state index in [0.29, 0.717) is 16.0 Å². The summed E-state index contributed by atoms with van der Waals surface area (Å²) < 4.78 is 2.12. The van der Waals surface area contributed by atoms with Crippen molar-refractivity contribution in [3.05, 3.63) is 41.7 Å². The number of pyridine rings is 1. The van der Waals surface area contributed by atoms with E-state index in [4.69, 9.17) is 0 Å². The van der Waals surface area contributed by atoms with Gasteiger partial charge < -0.3 is 4.98 Å². The standard InChI is InChI=1S/C12H10Br3N3O/c1-2-3-8-9(15)12(19)18-11(17-8)10-7(14)4-6(13)5-16-10/h4-5H,2-3H2,1H3,(H,17,18,19). The number of aryl methyl sites for hydroxylation is 1. The third kappa shape index (κ3) is 3.32. The van der Waals surface area contributed by atoms with Crippen LogP contribution in [0.2, 0.25) is 0 Å². The van der Waals surface area contributed by atoms with Crippen molar-refractivity contribution in [2.24, 2.45) is 0 Å². The number of H-pyrrole nitrogens is 1. The minimum absolute atomic E-state index is 0.190. The van der Waals surface area contributed by atoms with Crippen LogP contribution in [0.15, 0.2) is 30.5 Å². The van der Waals surface area contributed by atoms with E-state index in [-0.39, 0.29) is 5.56 Å². The topological polar surface area (TPSA) is 58.6 Å². The number of nitrogens with one attached hydrogen (secondary N) is 1. The Morgan fingerprint density at radius 1 is 1.32 bits per heavy atom. The Labute approximate surface area is 135 Å². The Balaban J connectivity index is 2.59. The van der Waals surface area contributed by atoms with Crippen LogP contribution in [0.3, 0.4) is 0 Å². The van der Waals surface area contributed by atoms with E-state index in [1.165, 1.54) is 0 Å². The molecule has 0 unspecified atom stereocenters. The van der Waals surface area contributed by atoms with Crippen LogP contribution >= 0.6 is 47.8 Å². The van der Waals surface area contributed by atoms with Gasteiger partial charge in [-0.3, -0.25) is 9.78 Å². The fourth-order valence-electron chi connectivity index (χ4n) is 1.61. The SMILES string of the molecule is CCCc1nc(-c2ncc(Br)cc2Br)[nH]c(=O)c1Br. The third-order valence-corrected chi connectivity index (χ3v) is 4.31. The smallest absolute Gasteiger partial charge is 0.265 e. The number of halogens is 3. The summed E-state index contributed by atoms with van der Waals surface area (Å²) in [5.74, 6) is 0.469. The molecule has 19 heavy (non-hydrogen) atoms. The van der Waals surface area contributed by atoms with E-state index in [1.54, 1.807) is 6.20 Å². The molecule has 0 fully saturated rings. The maximum Gasteiger partial charge on any atom is 0.265 e. The summed E-state index contributed by atoms with van der Waals surface area (Å²) in [5.41, 5.74) is 1.17. The Bertz CT molecular complexity index is 670. The van der Waals surface area contributed by atoms with Gasteiger partial charge in [-0.2, -0.15) is 0 Å². The molecule has 0 bridgehead atoms. The van der Waals surface area contributed by atoms with Crippen molar-refractivity contribution >= 4 is 47.8 Å². The molecule has 2 aromatic heterocycles. The van der Waals surface area contributed by atoms with Gasteiger partial charge in [0.15, 0.2) is 5.82 Å². The first kappa shape index (κ1) is 14.9. The highest BCUT2D eigenvalue weighted by molar-refractivity contribution is 9.11. The summed E-state index contributed by atoms with van der Waals surface area (Å²) in [4.78, 5) is 23.4. The molecule has 0 amide bonds. The normalized spacial score (nSPS) is 10.7. The molecule has 0 aliphatic carbocycles. The number of nitrogens with zero attached hydrogens (tertiary/aromatic N) is 2. The first-order chi connectivity index (χ1) is 9.02. The van der Waals surface area contributed by atoms with Gasteiger partial charge in [-0.25, -0.2) is 4.98 Å². The zero-order chi connectivity index (χ0) is 14.0. The fourth-order valence-corrected chi connectivity index (χ4v) is 3.17. The zero-order valence-corrected chi connectivity index (χ0v) is 14.8. The van der Waals surface area contributed by atoms with Crippen LogP contribution in [-0.4, -0.2) is 15.0 Å². The highest BCUT2D eigenvalue weighted by Crippen LogP contribution is 2.26. The van der Waals surface area contributed by atoms with E-state index in [2.05, 4.69) is 62.7 Å². The molecule has 2 heterocycles. The first-order valence-corrected chi connectivity index (χ1v) is 8.01. The summed E-state index contributed by atoms with van der Waals surface area (Å²) in [6.45, 7) is 2.04. The molecule has 100 valence electrons. The van der Waals surface area contributed by atoms with Crippen LogP contribution in [0.1, 0.15) is 19.0 Å². The fraction of sp³-hybridized carbons (Fsp3) is 0.250. The molecule has 4 nitrogen and oxygen atoms in total. The minimum atomic E-state index is -0.190. The van der Waals surface area contributed by atoms with Gasteiger partial charge in [-0.15, -0.1) is 0 Å². The second-order valence-corrected chi connectivity index (χ2v) is 6.47. The van der Waals surface area contributed by atoms with Gasteiger partial charge >= 0.3 is 0 Å². The van der Waals surface area contributed by atoms with Gasteiger partial charge in [-0.05, 0) is 60.3 Å². The van der Waals surface area contributed by atoms with Crippen LogP contribution in [0, 0.1) is 0 Å². The van der Waals surface area contributed by atoms with Crippen LogP contribution < -0.4 is 5.56 Å². The Morgan fingerprint density at radius 2 is 2.05 bits per heavy atom.